The number of amides is 2. The molecule has 2 aromatic heterocycles. The van der Waals surface area contributed by atoms with E-state index in [4.69, 9.17) is 10.5 Å². The van der Waals surface area contributed by atoms with Crippen LogP contribution in [0.2, 0.25) is 0 Å². The standard InChI is InChI=1S/C27H34N6O3/c1-27(2,3)36-26(35)32-15-13-21(14-16-32)33-18-19(17-29-33)24-11-9-20(31(24)4)10-12-25(34)30-23-8-6-5-7-22(23)28/h5-12,17-18,21H,13-16,28H2,1-4H3,(H,30,34). The van der Waals surface area contributed by atoms with Gasteiger partial charge in [-0.3, -0.25) is 9.48 Å². The smallest absolute Gasteiger partial charge is 0.410 e. The number of nitrogens with two attached hydrogens (primary N) is 1. The van der Waals surface area contributed by atoms with Gasteiger partial charge in [0.1, 0.15) is 5.60 Å². The summed E-state index contributed by atoms with van der Waals surface area (Å²) in [6.45, 7) is 6.92. The SMILES string of the molecule is Cn1c(C=CC(=O)Nc2ccccc2N)ccc1-c1cnn(C2CCN(C(=O)OC(C)(C)C)CC2)c1. The van der Waals surface area contributed by atoms with Gasteiger partial charge in [0.15, 0.2) is 0 Å². The molecule has 0 saturated carbocycles. The quantitative estimate of drug-likeness (QED) is 0.398. The lowest BCUT2D eigenvalue weighted by Gasteiger charge is -2.33. The Hall–Kier alpha value is -4.01. The second-order valence-corrected chi connectivity index (χ2v) is 10.0. The summed E-state index contributed by atoms with van der Waals surface area (Å²) in [5.41, 5.74) is 9.39. The molecule has 1 aromatic carbocycles. The maximum absolute atomic E-state index is 12.3. The van der Waals surface area contributed by atoms with E-state index >= 15 is 0 Å². The van der Waals surface area contributed by atoms with Gasteiger partial charge in [-0.2, -0.15) is 5.10 Å². The van der Waals surface area contributed by atoms with Gasteiger partial charge in [0.2, 0.25) is 5.91 Å². The van der Waals surface area contributed by atoms with Crippen LogP contribution in [0.1, 0.15) is 45.3 Å². The molecule has 3 aromatic rings. The molecule has 0 aliphatic carbocycles. The highest BCUT2D eigenvalue weighted by Gasteiger charge is 2.28. The molecular weight excluding hydrogens is 456 g/mol. The number of hydrogen-bond donors (Lipinski definition) is 2. The van der Waals surface area contributed by atoms with Crippen molar-refractivity contribution in [2.24, 2.45) is 7.05 Å². The lowest BCUT2D eigenvalue weighted by atomic mass is 10.1. The number of nitrogens with one attached hydrogen (secondary N) is 1. The van der Waals surface area contributed by atoms with Gasteiger partial charge in [-0.15, -0.1) is 0 Å². The molecule has 0 radical (unpaired) electrons. The van der Waals surface area contributed by atoms with E-state index < -0.39 is 5.60 Å². The summed E-state index contributed by atoms with van der Waals surface area (Å²) < 4.78 is 9.50. The molecule has 9 heteroatoms. The van der Waals surface area contributed by atoms with Crippen LogP contribution in [-0.4, -0.2) is 49.9 Å². The van der Waals surface area contributed by atoms with Crippen molar-refractivity contribution in [3.05, 3.63) is 60.6 Å². The van der Waals surface area contributed by atoms with E-state index in [-0.39, 0.29) is 18.0 Å². The Morgan fingerprint density at radius 3 is 2.56 bits per heavy atom. The largest absolute Gasteiger partial charge is 0.444 e. The van der Waals surface area contributed by atoms with Crippen molar-refractivity contribution in [3.8, 4) is 11.3 Å². The van der Waals surface area contributed by atoms with Gasteiger partial charge in [-0.05, 0) is 64.0 Å². The van der Waals surface area contributed by atoms with Crippen molar-refractivity contribution in [1.29, 1.82) is 0 Å². The van der Waals surface area contributed by atoms with Gasteiger partial charge < -0.3 is 25.3 Å². The zero-order valence-electron chi connectivity index (χ0n) is 21.3. The Morgan fingerprint density at radius 2 is 1.86 bits per heavy atom. The lowest BCUT2D eigenvalue weighted by Crippen LogP contribution is -2.42. The van der Waals surface area contributed by atoms with Crippen LogP contribution in [0.4, 0.5) is 16.2 Å². The predicted molar refractivity (Wildman–Crippen MR) is 141 cm³/mol. The van der Waals surface area contributed by atoms with E-state index in [0.717, 1.165) is 29.8 Å². The topological polar surface area (TPSA) is 107 Å². The second kappa shape index (κ2) is 10.3. The number of likely N-dealkylation sites (tertiary alicyclic amines) is 1. The molecule has 1 fully saturated rings. The monoisotopic (exact) mass is 490 g/mol. The third-order valence-electron chi connectivity index (χ3n) is 6.17. The number of para-hydroxylation sites is 2. The molecule has 9 nitrogen and oxygen atoms in total. The van der Waals surface area contributed by atoms with Crippen molar-refractivity contribution < 1.29 is 14.3 Å². The minimum Gasteiger partial charge on any atom is -0.444 e. The van der Waals surface area contributed by atoms with Crippen molar-refractivity contribution in [1.82, 2.24) is 19.2 Å². The molecule has 2 amide bonds. The van der Waals surface area contributed by atoms with Gasteiger partial charge >= 0.3 is 6.09 Å². The highest BCUT2D eigenvalue weighted by atomic mass is 16.6. The molecule has 4 rings (SSSR count). The summed E-state index contributed by atoms with van der Waals surface area (Å²) in [6.07, 6.45) is 8.55. The van der Waals surface area contributed by atoms with Crippen LogP contribution in [0.3, 0.4) is 0 Å². The number of benzene rings is 1. The van der Waals surface area contributed by atoms with E-state index in [1.807, 2.05) is 73.7 Å². The predicted octanol–water partition coefficient (Wildman–Crippen LogP) is 4.69. The molecular formula is C27H34N6O3. The first kappa shape index (κ1) is 25.1. The van der Waals surface area contributed by atoms with Crippen molar-refractivity contribution >= 4 is 29.5 Å². The van der Waals surface area contributed by atoms with E-state index in [9.17, 15) is 9.59 Å². The number of nitrogen functional groups attached to an aromatic ring is 1. The van der Waals surface area contributed by atoms with Crippen molar-refractivity contribution in [2.75, 3.05) is 24.1 Å². The third-order valence-corrected chi connectivity index (χ3v) is 6.17. The number of rotatable bonds is 5. The molecule has 36 heavy (non-hydrogen) atoms. The fourth-order valence-electron chi connectivity index (χ4n) is 4.24. The first-order valence-corrected chi connectivity index (χ1v) is 12.1. The lowest BCUT2D eigenvalue weighted by molar-refractivity contribution is -0.111. The number of ether oxygens (including phenoxy) is 1. The Kier molecular flexibility index (Phi) is 7.19. The van der Waals surface area contributed by atoms with Crippen LogP contribution in [0, 0.1) is 0 Å². The first-order chi connectivity index (χ1) is 17.1. The number of anilines is 2. The average Bonchev–Trinajstić information content (AvgIpc) is 3.45. The fourth-order valence-corrected chi connectivity index (χ4v) is 4.24. The second-order valence-electron chi connectivity index (χ2n) is 10.0. The molecule has 1 aliphatic heterocycles. The summed E-state index contributed by atoms with van der Waals surface area (Å²) in [4.78, 5) is 26.4. The van der Waals surface area contributed by atoms with Gasteiger partial charge in [0.25, 0.3) is 0 Å². The van der Waals surface area contributed by atoms with Crippen LogP contribution in [-0.2, 0) is 16.6 Å². The molecule has 0 bridgehead atoms. The van der Waals surface area contributed by atoms with E-state index in [1.54, 1.807) is 23.1 Å². The molecule has 3 heterocycles. The minimum atomic E-state index is -0.492. The maximum atomic E-state index is 12.3. The zero-order chi connectivity index (χ0) is 25.9. The molecule has 1 saturated heterocycles. The fraction of sp³-hybridized carbons (Fsp3) is 0.370. The third kappa shape index (κ3) is 5.97. The minimum absolute atomic E-state index is 0.228. The number of carbonyl (C=O) groups is 2. The first-order valence-electron chi connectivity index (χ1n) is 12.1. The van der Waals surface area contributed by atoms with Crippen LogP contribution in [0.5, 0.6) is 0 Å². The maximum Gasteiger partial charge on any atom is 0.410 e. The summed E-state index contributed by atoms with van der Waals surface area (Å²) in [6, 6.07) is 11.4. The Bertz CT molecular complexity index is 1260. The summed E-state index contributed by atoms with van der Waals surface area (Å²) >= 11 is 0. The molecule has 1 aliphatic rings. The Morgan fingerprint density at radius 1 is 1.14 bits per heavy atom. The number of aromatic nitrogens is 3. The van der Waals surface area contributed by atoms with Gasteiger partial charge in [0.05, 0.1) is 29.3 Å². The number of hydrogen-bond acceptors (Lipinski definition) is 5. The van der Waals surface area contributed by atoms with Crippen molar-refractivity contribution in [2.45, 2.75) is 45.3 Å². The highest BCUT2D eigenvalue weighted by molar-refractivity contribution is 6.03. The van der Waals surface area contributed by atoms with Crippen LogP contribution in [0.25, 0.3) is 17.3 Å². The Balaban J connectivity index is 1.37. The molecule has 190 valence electrons. The molecule has 0 spiro atoms. The van der Waals surface area contributed by atoms with Crippen LogP contribution in [0.15, 0.2) is 54.9 Å². The van der Waals surface area contributed by atoms with Crippen molar-refractivity contribution in [3.63, 3.8) is 0 Å². The van der Waals surface area contributed by atoms with E-state index in [1.165, 1.54) is 6.08 Å². The number of piperidine rings is 1. The van der Waals surface area contributed by atoms with Crippen LogP contribution < -0.4 is 11.1 Å². The van der Waals surface area contributed by atoms with Gasteiger partial charge in [-0.25, -0.2) is 4.79 Å². The average molecular weight is 491 g/mol. The zero-order valence-corrected chi connectivity index (χ0v) is 21.3. The molecule has 0 unspecified atom stereocenters. The highest BCUT2D eigenvalue weighted by Crippen LogP contribution is 2.27. The summed E-state index contributed by atoms with van der Waals surface area (Å²) in [7, 11) is 1.96. The normalized spacial score (nSPS) is 14.8. The Labute approximate surface area is 211 Å². The van der Waals surface area contributed by atoms with Crippen LogP contribution >= 0.6 is 0 Å². The summed E-state index contributed by atoms with van der Waals surface area (Å²) in [5.74, 6) is -0.249. The van der Waals surface area contributed by atoms with E-state index in [2.05, 4.69) is 10.4 Å². The van der Waals surface area contributed by atoms with Gasteiger partial charge in [0, 0.05) is 43.7 Å². The molecule has 0 atom stereocenters. The van der Waals surface area contributed by atoms with E-state index in [0.29, 0.717) is 24.5 Å². The number of carbonyl (C=O) groups excluding carboxylic acids is 2. The number of nitrogens with zero attached hydrogens (tertiary/aromatic N) is 4. The summed E-state index contributed by atoms with van der Waals surface area (Å²) in [5, 5.41) is 7.39. The van der Waals surface area contributed by atoms with Gasteiger partial charge in [-0.1, -0.05) is 12.1 Å². The molecule has 3 N–H and O–H groups in total.